The summed E-state index contributed by atoms with van der Waals surface area (Å²) < 4.78 is 25.7. The van der Waals surface area contributed by atoms with E-state index in [9.17, 15) is 13.6 Å². The first kappa shape index (κ1) is 13.9. The molecule has 0 unspecified atom stereocenters. The predicted molar refractivity (Wildman–Crippen MR) is 72.6 cm³/mol. The van der Waals surface area contributed by atoms with Crippen LogP contribution < -0.4 is 5.43 Å². The molecule has 0 saturated heterocycles. The molecule has 0 spiro atoms. The molecule has 1 amide bonds. The normalized spacial score (nSPS) is 10.8. The minimum atomic E-state index is -0.959. The number of hydrogen-bond acceptors (Lipinski definition) is 2. The summed E-state index contributed by atoms with van der Waals surface area (Å²) in [5, 5.41) is 3.72. The summed E-state index contributed by atoms with van der Waals surface area (Å²) in [6, 6.07) is 10.4. The summed E-state index contributed by atoms with van der Waals surface area (Å²) >= 11 is 0. The van der Waals surface area contributed by atoms with E-state index in [2.05, 4.69) is 10.5 Å². The van der Waals surface area contributed by atoms with Gasteiger partial charge in [-0.2, -0.15) is 5.10 Å². The zero-order valence-corrected chi connectivity index (χ0v) is 10.7. The Balaban J connectivity index is 2.05. The van der Waals surface area contributed by atoms with Gasteiger partial charge in [-0.1, -0.05) is 24.3 Å². The monoisotopic (exact) mass is 274 g/mol. The third kappa shape index (κ3) is 3.26. The molecule has 0 aliphatic heterocycles. The molecule has 3 nitrogen and oxygen atoms in total. The number of aryl methyl sites for hydroxylation is 1. The molecule has 0 bridgehead atoms. The quantitative estimate of drug-likeness (QED) is 0.678. The molecule has 0 saturated carbocycles. The Hall–Kier alpha value is -2.56. The molecule has 2 aromatic carbocycles. The molecule has 0 atom stereocenters. The Morgan fingerprint density at radius 3 is 2.60 bits per heavy atom. The second-order valence-electron chi connectivity index (χ2n) is 4.19. The Morgan fingerprint density at radius 2 is 1.90 bits per heavy atom. The molecule has 2 rings (SSSR count). The first-order valence-corrected chi connectivity index (χ1v) is 5.92. The number of nitrogens with one attached hydrogen (secondary N) is 1. The van der Waals surface area contributed by atoms with Gasteiger partial charge in [0.25, 0.3) is 5.91 Å². The number of carbonyl (C=O) groups is 1. The number of nitrogens with zero attached hydrogens (tertiary/aromatic N) is 1. The van der Waals surface area contributed by atoms with Gasteiger partial charge >= 0.3 is 0 Å². The fourth-order valence-electron chi connectivity index (χ4n) is 1.65. The van der Waals surface area contributed by atoms with Gasteiger partial charge < -0.3 is 0 Å². The van der Waals surface area contributed by atoms with Crippen LogP contribution in [0.1, 0.15) is 21.5 Å². The highest BCUT2D eigenvalue weighted by Gasteiger charge is 2.06. The SMILES string of the molecule is Cc1ccccc1C(=O)N/N=C\c1ccc(F)c(F)c1. The van der Waals surface area contributed by atoms with Gasteiger partial charge in [0.2, 0.25) is 0 Å². The van der Waals surface area contributed by atoms with Crippen molar-refractivity contribution >= 4 is 12.1 Å². The van der Waals surface area contributed by atoms with E-state index in [4.69, 9.17) is 0 Å². The third-order valence-electron chi connectivity index (χ3n) is 2.71. The maximum atomic E-state index is 13.0. The highest BCUT2D eigenvalue weighted by Crippen LogP contribution is 2.07. The second-order valence-corrected chi connectivity index (χ2v) is 4.19. The fraction of sp³-hybridized carbons (Fsp3) is 0.0667. The molecule has 5 heteroatoms. The number of carbonyl (C=O) groups excluding carboxylic acids is 1. The first-order valence-electron chi connectivity index (χ1n) is 5.92. The second kappa shape index (κ2) is 6.06. The lowest BCUT2D eigenvalue weighted by atomic mass is 10.1. The van der Waals surface area contributed by atoms with Crippen LogP contribution in [-0.4, -0.2) is 12.1 Å². The summed E-state index contributed by atoms with van der Waals surface area (Å²) in [7, 11) is 0. The number of amides is 1. The van der Waals surface area contributed by atoms with Crippen molar-refractivity contribution in [1.29, 1.82) is 0 Å². The molecule has 2 aromatic rings. The van der Waals surface area contributed by atoms with Crippen molar-refractivity contribution in [3.05, 3.63) is 70.8 Å². The Labute approximate surface area is 114 Å². The van der Waals surface area contributed by atoms with Crippen LogP contribution in [0.3, 0.4) is 0 Å². The van der Waals surface area contributed by atoms with Crippen LogP contribution in [0.2, 0.25) is 0 Å². The largest absolute Gasteiger partial charge is 0.271 e. The highest BCUT2D eigenvalue weighted by molar-refractivity contribution is 5.96. The molecular formula is C15H12F2N2O. The maximum Gasteiger partial charge on any atom is 0.271 e. The number of hydrogen-bond donors (Lipinski definition) is 1. The third-order valence-corrected chi connectivity index (χ3v) is 2.71. The Bertz CT molecular complexity index is 669. The van der Waals surface area contributed by atoms with Gasteiger partial charge in [-0.15, -0.1) is 0 Å². The Morgan fingerprint density at radius 1 is 1.15 bits per heavy atom. The van der Waals surface area contributed by atoms with Gasteiger partial charge in [0, 0.05) is 5.56 Å². The summed E-state index contributed by atoms with van der Waals surface area (Å²) in [5.74, 6) is -2.24. The van der Waals surface area contributed by atoms with Crippen molar-refractivity contribution in [3.63, 3.8) is 0 Å². The van der Waals surface area contributed by atoms with Crippen LogP contribution in [0.25, 0.3) is 0 Å². The number of rotatable bonds is 3. The summed E-state index contributed by atoms with van der Waals surface area (Å²) in [6.07, 6.45) is 1.25. The lowest BCUT2D eigenvalue weighted by Crippen LogP contribution is -2.18. The van der Waals surface area contributed by atoms with Crippen molar-refractivity contribution in [2.45, 2.75) is 6.92 Å². The number of halogens is 2. The van der Waals surface area contributed by atoms with E-state index in [1.165, 1.54) is 12.3 Å². The average molecular weight is 274 g/mol. The molecular weight excluding hydrogens is 262 g/mol. The van der Waals surface area contributed by atoms with Crippen LogP contribution in [0.5, 0.6) is 0 Å². The van der Waals surface area contributed by atoms with Crippen LogP contribution in [0.4, 0.5) is 8.78 Å². The molecule has 0 fully saturated rings. The molecule has 20 heavy (non-hydrogen) atoms. The van der Waals surface area contributed by atoms with E-state index in [0.717, 1.165) is 17.7 Å². The van der Waals surface area contributed by atoms with Crippen molar-refractivity contribution in [2.75, 3.05) is 0 Å². The predicted octanol–water partition coefficient (Wildman–Crippen LogP) is 3.04. The first-order chi connectivity index (χ1) is 9.58. The van der Waals surface area contributed by atoms with Crippen LogP contribution in [-0.2, 0) is 0 Å². The lowest BCUT2D eigenvalue weighted by molar-refractivity contribution is 0.0954. The zero-order valence-electron chi connectivity index (χ0n) is 10.7. The van der Waals surface area contributed by atoms with Gasteiger partial charge in [-0.3, -0.25) is 4.79 Å². The minimum absolute atomic E-state index is 0.356. The minimum Gasteiger partial charge on any atom is -0.267 e. The van der Waals surface area contributed by atoms with Crippen molar-refractivity contribution in [3.8, 4) is 0 Å². The van der Waals surface area contributed by atoms with Gasteiger partial charge in [0.1, 0.15) is 0 Å². The molecule has 0 radical (unpaired) electrons. The molecule has 0 heterocycles. The summed E-state index contributed by atoms with van der Waals surface area (Å²) in [5.41, 5.74) is 4.03. The molecule has 1 N–H and O–H groups in total. The standard InChI is InChI=1S/C15H12F2N2O/c1-10-4-2-3-5-12(10)15(20)19-18-9-11-6-7-13(16)14(17)8-11/h2-9H,1H3,(H,19,20)/b18-9-. The van der Waals surface area contributed by atoms with Crippen molar-refractivity contribution in [1.82, 2.24) is 5.43 Å². The van der Waals surface area contributed by atoms with E-state index in [0.29, 0.717) is 11.1 Å². The molecule has 0 aliphatic rings. The van der Waals surface area contributed by atoms with Crippen molar-refractivity contribution in [2.24, 2.45) is 5.10 Å². The maximum absolute atomic E-state index is 13.0. The van der Waals surface area contributed by atoms with E-state index in [-0.39, 0.29) is 5.91 Å². The van der Waals surface area contributed by atoms with E-state index in [1.54, 1.807) is 12.1 Å². The van der Waals surface area contributed by atoms with Crippen LogP contribution >= 0.6 is 0 Å². The number of benzene rings is 2. The van der Waals surface area contributed by atoms with Crippen LogP contribution in [0, 0.1) is 18.6 Å². The van der Waals surface area contributed by atoms with Gasteiger partial charge in [-0.05, 0) is 36.2 Å². The summed E-state index contributed by atoms with van der Waals surface area (Å²) in [4.78, 5) is 11.8. The smallest absolute Gasteiger partial charge is 0.267 e. The Kier molecular flexibility index (Phi) is 4.20. The van der Waals surface area contributed by atoms with Crippen molar-refractivity contribution < 1.29 is 13.6 Å². The van der Waals surface area contributed by atoms with Gasteiger partial charge in [0.05, 0.1) is 6.21 Å². The van der Waals surface area contributed by atoms with Gasteiger partial charge in [0.15, 0.2) is 11.6 Å². The highest BCUT2D eigenvalue weighted by atomic mass is 19.2. The summed E-state index contributed by atoms with van der Waals surface area (Å²) in [6.45, 7) is 1.81. The van der Waals surface area contributed by atoms with E-state index < -0.39 is 11.6 Å². The van der Waals surface area contributed by atoms with Gasteiger partial charge in [-0.25, -0.2) is 14.2 Å². The molecule has 102 valence electrons. The van der Waals surface area contributed by atoms with Crippen LogP contribution in [0.15, 0.2) is 47.6 Å². The topological polar surface area (TPSA) is 41.5 Å². The lowest BCUT2D eigenvalue weighted by Gasteiger charge is -2.03. The molecule has 0 aromatic heterocycles. The average Bonchev–Trinajstić information content (AvgIpc) is 2.43. The number of hydrazone groups is 1. The van der Waals surface area contributed by atoms with E-state index in [1.807, 2.05) is 19.1 Å². The zero-order chi connectivity index (χ0) is 14.5. The molecule has 0 aliphatic carbocycles. The van der Waals surface area contributed by atoms with E-state index >= 15 is 0 Å². The fourth-order valence-corrected chi connectivity index (χ4v) is 1.65.